The summed E-state index contributed by atoms with van der Waals surface area (Å²) in [6.07, 6.45) is -3.90. The summed E-state index contributed by atoms with van der Waals surface area (Å²) >= 11 is 0. The lowest BCUT2D eigenvalue weighted by molar-refractivity contribution is -0.180. The van der Waals surface area contributed by atoms with E-state index in [1.54, 1.807) is 6.92 Å². The van der Waals surface area contributed by atoms with Crippen LogP contribution in [0.15, 0.2) is 29.1 Å². The highest BCUT2D eigenvalue weighted by Crippen LogP contribution is 2.56. The number of pyridine rings is 1. The maximum absolute atomic E-state index is 14.6. The number of aryl methyl sites for hydroxylation is 1. The van der Waals surface area contributed by atoms with Crippen molar-refractivity contribution in [1.29, 1.82) is 5.26 Å². The molecule has 0 aliphatic carbocycles. The molecule has 1 aromatic carbocycles. The van der Waals surface area contributed by atoms with Crippen LogP contribution in [-0.2, 0) is 5.41 Å². The summed E-state index contributed by atoms with van der Waals surface area (Å²) in [7, 11) is 0. The largest absolute Gasteiger partial charge is 0.402 e. The van der Waals surface area contributed by atoms with Crippen molar-refractivity contribution in [2.45, 2.75) is 44.7 Å². The van der Waals surface area contributed by atoms with Gasteiger partial charge in [0.25, 0.3) is 5.56 Å². The fourth-order valence-corrected chi connectivity index (χ4v) is 3.66. The van der Waals surface area contributed by atoms with Crippen LogP contribution < -0.4 is 10.9 Å². The molecular weight excluding hydrogens is 343 g/mol. The van der Waals surface area contributed by atoms with Gasteiger partial charge in [-0.3, -0.25) is 4.79 Å². The van der Waals surface area contributed by atoms with E-state index in [0.717, 1.165) is 0 Å². The van der Waals surface area contributed by atoms with E-state index in [1.165, 1.54) is 24.3 Å². The Balaban J connectivity index is 2.44. The van der Waals surface area contributed by atoms with Gasteiger partial charge in [0.05, 0.1) is 11.6 Å². The maximum atomic E-state index is 14.6. The van der Waals surface area contributed by atoms with E-state index in [9.17, 15) is 18.0 Å². The zero-order valence-corrected chi connectivity index (χ0v) is 14.4. The summed E-state index contributed by atoms with van der Waals surface area (Å²) in [4.78, 5) is 14.9. The number of alkyl halides is 3. The van der Waals surface area contributed by atoms with E-state index < -0.39 is 17.2 Å². The summed E-state index contributed by atoms with van der Waals surface area (Å²) in [6.45, 7) is 3.38. The Morgan fingerprint density at radius 2 is 1.96 bits per heavy atom. The number of unbranched alkanes of at least 4 members (excludes halogenated alkanes) is 1. The van der Waals surface area contributed by atoms with Crippen molar-refractivity contribution < 1.29 is 13.2 Å². The van der Waals surface area contributed by atoms with E-state index in [0.29, 0.717) is 18.5 Å². The van der Waals surface area contributed by atoms with Crippen molar-refractivity contribution in [1.82, 2.24) is 4.98 Å². The van der Waals surface area contributed by atoms with E-state index in [2.05, 4.69) is 10.3 Å². The lowest BCUT2D eigenvalue weighted by atomic mass is 9.67. The van der Waals surface area contributed by atoms with Crippen LogP contribution in [0.4, 0.5) is 24.5 Å². The lowest BCUT2D eigenvalue weighted by Gasteiger charge is -2.42. The molecule has 1 aromatic heterocycles. The highest BCUT2D eigenvalue weighted by atomic mass is 19.4. The van der Waals surface area contributed by atoms with Gasteiger partial charge >= 0.3 is 6.18 Å². The summed E-state index contributed by atoms with van der Waals surface area (Å²) < 4.78 is 43.7. The van der Waals surface area contributed by atoms with Crippen LogP contribution in [0.5, 0.6) is 0 Å². The number of benzene rings is 1. The Morgan fingerprint density at radius 1 is 1.23 bits per heavy atom. The number of H-pyrrole nitrogens is 1. The molecule has 4 nitrogen and oxygen atoms in total. The minimum Gasteiger partial charge on any atom is -0.351 e. The molecule has 0 saturated heterocycles. The van der Waals surface area contributed by atoms with Crippen LogP contribution in [0.25, 0.3) is 0 Å². The normalized spacial score (nSPS) is 18.5. The summed E-state index contributed by atoms with van der Waals surface area (Å²) in [6, 6.07) is 7.45. The van der Waals surface area contributed by atoms with Gasteiger partial charge in [-0.15, -0.1) is 0 Å². The van der Waals surface area contributed by atoms with Gasteiger partial charge in [0.1, 0.15) is 11.1 Å². The van der Waals surface area contributed by atoms with Gasteiger partial charge in [-0.1, -0.05) is 19.8 Å². The second-order valence-corrected chi connectivity index (χ2v) is 6.57. The standard InChI is InChI=1S/C19H18F3N3O/c1-3-4-7-18(19(20,21)22)13-9-12(10-23)5-6-15(13)25-16-14(18)8-11(2)24-17(16)26/h5-6,8-9,25H,3-4,7H2,1-2H3,(H,24,26). The highest BCUT2D eigenvalue weighted by Gasteiger charge is 2.60. The molecule has 1 atom stereocenters. The molecule has 0 amide bonds. The molecule has 0 bridgehead atoms. The van der Waals surface area contributed by atoms with Crippen LogP contribution in [0.1, 0.15) is 48.6 Å². The topological polar surface area (TPSA) is 68.7 Å². The first-order valence-electron chi connectivity index (χ1n) is 8.37. The zero-order chi connectivity index (χ0) is 19.1. The van der Waals surface area contributed by atoms with Gasteiger partial charge in [-0.2, -0.15) is 18.4 Å². The first kappa shape index (κ1) is 18.1. The number of nitriles is 1. The van der Waals surface area contributed by atoms with E-state index in [-0.39, 0.29) is 34.5 Å². The third-order valence-electron chi connectivity index (χ3n) is 4.89. The number of hydrogen-bond donors (Lipinski definition) is 2. The molecule has 2 aromatic rings. The molecule has 26 heavy (non-hydrogen) atoms. The molecule has 0 saturated carbocycles. The van der Waals surface area contributed by atoms with Gasteiger partial charge < -0.3 is 10.3 Å². The van der Waals surface area contributed by atoms with Crippen molar-refractivity contribution in [2.75, 3.05) is 5.32 Å². The van der Waals surface area contributed by atoms with Gasteiger partial charge in [-0.05, 0) is 43.2 Å². The lowest BCUT2D eigenvalue weighted by Crippen LogP contribution is -2.47. The van der Waals surface area contributed by atoms with Gasteiger partial charge in [0.15, 0.2) is 0 Å². The van der Waals surface area contributed by atoms with E-state index in [1.807, 2.05) is 13.0 Å². The minimum atomic E-state index is -4.62. The number of nitrogens with one attached hydrogen (secondary N) is 2. The molecule has 2 N–H and O–H groups in total. The SMILES string of the molecule is CCCCC1(C(F)(F)F)c2cc(C#N)ccc2Nc2c1cc(C)[nH]c2=O. The van der Waals surface area contributed by atoms with Crippen LogP contribution in [-0.4, -0.2) is 11.2 Å². The maximum Gasteiger partial charge on any atom is 0.402 e. The number of anilines is 2. The average Bonchev–Trinajstić information content (AvgIpc) is 2.58. The zero-order valence-electron chi connectivity index (χ0n) is 14.4. The van der Waals surface area contributed by atoms with Crippen LogP contribution in [0, 0.1) is 18.3 Å². The second kappa shape index (κ2) is 6.20. The smallest absolute Gasteiger partial charge is 0.351 e. The van der Waals surface area contributed by atoms with Crippen LogP contribution in [0.2, 0.25) is 0 Å². The van der Waals surface area contributed by atoms with Crippen molar-refractivity contribution in [3.63, 3.8) is 0 Å². The van der Waals surface area contributed by atoms with Crippen LogP contribution >= 0.6 is 0 Å². The molecule has 1 aliphatic heterocycles. The van der Waals surface area contributed by atoms with E-state index in [4.69, 9.17) is 5.26 Å². The number of hydrogen-bond acceptors (Lipinski definition) is 3. The molecule has 2 heterocycles. The molecule has 7 heteroatoms. The Morgan fingerprint density at radius 3 is 2.58 bits per heavy atom. The third-order valence-corrected chi connectivity index (χ3v) is 4.89. The number of rotatable bonds is 3. The Bertz CT molecular complexity index is 956. The molecule has 3 rings (SSSR count). The predicted molar refractivity (Wildman–Crippen MR) is 92.6 cm³/mol. The molecule has 0 fully saturated rings. The molecule has 136 valence electrons. The monoisotopic (exact) mass is 361 g/mol. The Labute approximate surface area is 148 Å². The summed E-state index contributed by atoms with van der Waals surface area (Å²) in [5.41, 5.74) is -2.36. The number of aromatic amines is 1. The highest BCUT2D eigenvalue weighted by molar-refractivity contribution is 5.77. The van der Waals surface area contributed by atoms with Crippen molar-refractivity contribution >= 4 is 11.4 Å². The van der Waals surface area contributed by atoms with Crippen molar-refractivity contribution in [3.05, 3.63) is 57.0 Å². The summed E-state index contributed by atoms with van der Waals surface area (Å²) in [5, 5.41) is 12.0. The fraction of sp³-hybridized carbons (Fsp3) is 0.368. The van der Waals surface area contributed by atoms with Gasteiger partial charge in [0.2, 0.25) is 0 Å². The van der Waals surface area contributed by atoms with Crippen molar-refractivity contribution in [3.8, 4) is 6.07 Å². The number of nitrogens with zero attached hydrogens (tertiary/aromatic N) is 1. The number of halogens is 3. The molecule has 1 unspecified atom stereocenters. The van der Waals surface area contributed by atoms with Gasteiger partial charge in [0, 0.05) is 16.9 Å². The third kappa shape index (κ3) is 2.57. The molecule has 0 spiro atoms. The second-order valence-electron chi connectivity index (χ2n) is 6.57. The Hall–Kier alpha value is -2.75. The molecule has 1 aliphatic rings. The van der Waals surface area contributed by atoms with E-state index >= 15 is 0 Å². The predicted octanol–water partition coefficient (Wildman–Crippen LogP) is 4.65. The first-order chi connectivity index (χ1) is 12.2. The average molecular weight is 361 g/mol. The fourth-order valence-electron chi connectivity index (χ4n) is 3.66. The molecule has 0 radical (unpaired) electrons. The Kier molecular flexibility index (Phi) is 4.31. The number of fused-ring (bicyclic) bond motifs is 2. The van der Waals surface area contributed by atoms with Gasteiger partial charge in [-0.25, -0.2) is 0 Å². The number of aromatic nitrogens is 1. The minimum absolute atomic E-state index is 0.00463. The molecular formula is C19H18F3N3O. The first-order valence-corrected chi connectivity index (χ1v) is 8.37. The van der Waals surface area contributed by atoms with Crippen molar-refractivity contribution in [2.24, 2.45) is 0 Å². The summed E-state index contributed by atoms with van der Waals surface area (Å²) in [5.74, 6) is 0. The van der Waals surface area contributed by atoms with Crippen LogP contribution in [0.3, 0.4) is 0 Å². The quantitative estimate of drug-likeness (QED) is 0.836.